The van der Waals surface area contributed by atoms with Crippen LogP contribution in [0, 0.1) is 23.2 Å². The van der Waals surface area contributed by atoms with Crippen LogP contribution in [-0.2, 0) is 32.5 Å². The molecule has 1 aromatic heterocycles. The lowest BCUT2D eigenvalue weighted by atomic mass is 9.40. The quantitative estimate of drug-likeness (QED) is 0.346. The number of aromatic nitrogens is 1. The summed E-state index contributed by atoms with van der Waals surface area (Å²) in [6.45, 7) is 16.3. The van der Waals surface area contributed by atoms with Crippen molar-refractivity contribution < 1.29 is 34.3 Å². The molecule has 4 N–H and O–H groups in total. The number of carbonyl (C=O) groups is 1. The van der Waals surface area contributed by atoms with Crippen LogP contribution in [0.15, 0.2) is 12.1 Å². The highest BCUT2D eigenvalue weighted by Crippen LogP contribution is 2.75. The van der Waals surface area contributed by atoms with Crippen LogP contribution in [0.4, 0.5) is 0 Å². The minimum atomic E-state index is -1.23. The van der Waals surface area contributed by atoms with E-state index in [-0.39, 0.29) is 23.0 Å². The Morgan fingerprint density at radius 3 is 2.42 bits per heavy atom. The maximum absolute atomic E-state index is 14.2. The van der Waals surface area contributed by atoms with Crippen LogP contribution in [0.2, 0.25) is 0 Å². The number of H-pyrrole nitrogens is 1. The summed E-state index contributed by atoms with van der Waals surface area (Å²) in [5, 5.41) is 36.4. The van der Waals surface area contributed by atoms with E-state index in [9.17, 15) is 20.1 Å². The van der Waals surface area contributed by atoms with Gasteiger partial charge in [0.2, 0.25) is 0 Å². The van der Waals surface area contributed by atoms with E-state index in [0.29, 0.717) is 18.8 Å². The Balaban J connectivity index is 1.17. The minimum absolute atomic E-state index is 0.106. The van der Waals surface area contributed by atoms with Crippen LogP contribution >= 0.6 is 0 Å². The van der Waals surface area contributed by atoms with E-state index >= 15 is 0 Å². The van der Waals surface area contributed by atoms with Crippen LogP contribution in [0.3, 0.4) is 0 Å². The average Bonchev–Trinajstić information content (AvgIpc) is 3.44. The molecule has 0 amide bonds. The van der Waals surface area contributed by atoms with Crippen molar-refractivity contribution in [3.8, 4) is 0 Å². The predicted molar refractivity (Wildman–Crippen MR) is 167 cm³/mol. The van der Waals surface area contributed by atoms with Crippen molar-refractivity contribution >= 4 is 16.7 Å². The Morgan fingerprint density at radius 2 is 1.71 bits per heavy atom. The highest BCUT2D eigenvalue weighted by Gasteiger charge is 2.86. The minimum Gasteiger partial charge on any atom is -0.388 e. The second-order valence-electron chi connectivity index (χ2n) is 17.8. The van der Waals surface area contributed by atoms with Crippen molar-refractivity contribution in [3.63, 3.8) is 0 Å². The van der Waals surface area contributed by atoms with E-state index < -0.39 is 57.8 Å². The van der Waals surface area contributed by atoms with Gasteiger partial charge in [-0.2, -0.15) is 0 Å². The molecule has 244 valence electrons. The van der Waals surface area contributed by atoms with Crippen molar-refractivity contribution in [1.82, 2.24) is 4.98 Å². The summed E-state index contributed by atoms with van der Waals surface area (Å²) in [7, 11) is 0. The van der Waals surface area contributed by atoms with Gasteiger partial charge in [0.1, 0.15) is 23.9 Å². The molecule has 8 heteroatoms. The molecular formula is C37H49NO7. The highest BCUT2D eigenvalue weighted by molar-refractivity contribution is 6.06. The van der Waals surface area contributed by atoms with Gasteiger partial charge in [-0.05, 0) is 109 Å². The molecule has 9 rings (SSSR count). The number of aromatic amines is 1. The number of nitrogens with one attached hydrogen (secondary N) is 1. The molecule has 7 aliphatic rings. The summed E-state index contributed by atoms with van der Waals surface area (Å²) in [4.78, 5) is 18.0. The number of ether oxygens (including phenoxy) is 3. The van der Waals surface area contributed by atoms with Crippen molar-refractivity contribution in [3.05, 3.63) is 34.5 Å². The summed E-state index contributed by atoms with van der Waals surface area (Å²) in [6, 6.07) is 4.11. The summed E-state index contributed by atoms with van der Waals surface area (Å²) in [5.74, 6) is 0.467. The molecule has 45 heavy (non-hydrogen) atoms. The van der Waals surface area contributed by atoms with Crippen LogP contribution in [0.1, 0.15) is 108 Å². The van der Waals surface area contributed by atoms with Crippen LogP contribution < -0.4 is 0 Å². The van der Waals surface area contributed by atoms with E-state index in [0.717, 1.165) is 42.3 Å². The van der Waals surface area contributed by atoms with Gasteiger partial charge >= 0.3 is 0 Å². The molecule has 4 aliphatic carbocycles. The van der Waals surface area contributed by atoms with Gasteiger partial charge in [-0.15, -0.1) is 0 Å². The summed E-state index contributed by atoms with van der Waals surface area (Å²) in [5.41, 5.74) is 0.255. The molecule has 4 heterocycles. The third-order valence-corrected chi connectivity index (χ3v) is 14.8. The van der Waals surface area contributed by atoms with Gasteiger partial charge in [-0.3, -0.25) is 4.79 Å². The van der Waals surface area contributed by atoms with Gasteiger partial charge in [-0.25, -0.2) is 0 Å². The van der Waals surface area contributed by atoms with Crippen LogP contribution in [0.25, 0.3) is 10.9 Å². The number of hydrogen-bond acceptors (Lipinski definition) is 7. The van der Waals surface area contributed by atoms with Gasteiger partial charge in [0.25, 0.3) is 0 Å². The van der Waals surface area contributed by atoms with E-state index in [1.807, 2.05) is 6.07 Å². The highest BCUT2D eigenvalue weighted by atomic mass is 16.7. The molecule has 1 spiro atoms. The van der Waals surface area contributed by atoms with Crippen LogP contribution in [0.5, 0.6) is 0 Å². The largest absolute Gasteiger partial charge is 0.388 e. The third-order valence-electron chi connectivity index (χ3n) is 14.8. The summed E-state index contributed by atoms with van der Waals surface area (Å²) < 4.78 is 19.4. The van der Waals surface area contributed by atoms with Gasteiger partial charge in [0.15, 0.2) is 11.4 Å². The number of ketones is 1. The molecule has 2 saturated carbocycles. The number of hydrogen-bond donors (Lipinski definition) is 4. The lowest BCUT2D eigenvalue weighted by Gasteiger charge is -2.66. The van der Waals surface area contributed by atoms with Gasteiger partial charge in [-0.1, -0.05) is 13.8 Å². The SMILES string of the molecule is CC(C)(O)[C@H]1O[C@H]2CC[C@@]3(C)[C@@](O)(CC[C@H]4Cc5c([nH]c6ccc7c(c56)C[C@H]5[C@H](C7=O)C(C)(C)OC5(C)C)[C@@]43C)[C@]23OC3[C@@H]1O. The first kappa shape index (κ1) is 29.3. The fourth-order valence-corrected chi connectivity index (χ4v) is 12.6. The van der Waals surface area contributed by atoms with Crippen molar-refractivity contribution in [2.45, 2.75) is 152 Å². The Hall–Kier alpha value is -1.81. The Morgan fingerprint density at radius 1 is 0.978 bits per heavy atom. The van der Waals surface area contributed by atoms with E-state index in [2.05, 4.69) is 52.6 Å². The number of Topliss-reactive ketones (excluding diaryl/α,β-unsaturated/α-hetero) is 1. The Bertz CT molecular complexity index is 1690. The van der Waals surface area contributed by atoms with E-state index in [1.165, 1.54) is 16.6 Å². The van der Waals surface area contributed by atoms with Gasteiger partial charge in [0, 0.05) is 38.9 Å². The van der Waals surface area contributed by atoms with Crippen LogP contribution in [-0.4, -0.2) is 78.5 Å². The monoisotopic (exact) mass is 619 g/mol. The number of fused-ring (bicyclic) bond motifs is 10. The third kappa shape index (κ3) is 3.06. The first-order valence-corrected chi connectivity index (χ1v) is 17.2. The average molecular weight is 620 g/mol. The van der Waals surface area contributed by atoms with Gasteiger partial charge in [0.05, 0.1) is 28.8 Å². The molecule has 3 aliphatic heterocycles. The molecule has 11 atom stereocenters. The molecule has 2 aromatic rings. The second kappa shape index (κ2) is 8.07. The number of benzene rings is 1. The van der Waals surface area contributed by atoms with Crippen molar-refractivity contribution in [2.75, 3.05) is 0 Å². The normalized spacial score (nSPS) is 48.5. The first-order valence-electron chi connectivity index (χ1n) is 17.2. The number of epoxide rings is 1. The van der Waals surface area contributed by atoms with E-state index in [4.69, 9.17) is 14.2 Å². The molecule has 0 bridgehead atoms. The fourth-order valence-electron chi connectivity index (χ4n) is 12.6. The van der Waals surface area contributed by atoms with Crippen molar-refractivity contribution in [2.24, 2.45) is 23.2 Å². The molecule has 1 unspecified atom stereocenters. The number of rotatable bonds is 1. The fraction of sp³-hybridized carbons (Fsp3) is 0.757. The Kier molecular flexibility index (Phi) is 5.26. The molecule has 3 saturated heterocycles. The predicted octanol–water partition coefficient (Wildman–Crippen LogP) is 4.52. The van der Waals surface area contributed by atoms with Gasteiger partial charge < -0.3 is 34.5 Å². The maximum Gasteiger partial charge on any atom is 0.169 e. The number of carbonyl (C=O) groups excluding carboxylic acids is 1. The molecular weight excluding hydrogens is 570 g/mol. The zero-order valence-electron chi connectivity index (χ0n) is 27.9. The molecule has 5 fully saturated rings. The maximum atomic E-state index is 14.2. The molecule has 8 nitrogen and oxygen atoms in total. The molecule has 1 aromatic carbocycles. The lowest BCUT2D eigenvalue weighted by Crippen LogP contribution is -2.76. The topological polar surface area (TPSA) is 125 Å². The Labute approximate surface area is 265 Å². The summed E-state index contributed by atoms with van der Waals surface area (Å²) >= 11 is 0. The smallest absolute Gasteiger partial charge is 0.169 e. The van der Waals surface area contributed by atoms with Crippen molar-refractivity contribution in [1.29, 1.82) is 0 Å². The number of aliphatic hydroxyl groups excluding tert-OH is 1. The summed E-state index contributed by atoms with van der Waals surface area (Å²) in [6.07, 6.45) is 1.78. The zero-order chi connectivity index (χ0) is 32.1. The zero-order valence-corrected chi connectivity index (χ0v) is 27.9. The molecule has 0 radical (unpaired) electrons. The lowest BCUT2D eigenvalue weighted by molar-refractivity contribution is -0.280. The standard InChI is InChI=1S/C37H49NO7/c1-31(2,41)29-27(40)30-37(44-30)23(43-29)12-13-34(7)35(8)17(11-14-36(34,37)42)15-20-24-19-16-21-25(33(5,6)45-32(21,3)4)26(39)18(19)9-10-22(24)38-28(20)35/h9-10,17,21,23,25,27,29-30,38,40-42H,11-16H2,1-8H3/t17-,21-,23-,25+,27+,29-,30?,34+,35+,36-,37-/m0/s1. The number of aliphatic hydroxyl groups is 3. The first-order chi connectivity index (χ1) is 20.8. The second-order valence-corrected chi connectivity index (χ2v) is 17.8. The van der Waals surface area contributed by atoms with E-state index in [1.54, 1.807) is 13.8 Å².